The Labute approximate surface area is 103 Å². The zero-order valence-corrected chi connectivity index (χ0v) is 10.8. The first-order chi connectivity index (χ1) is 8.04. The molecule has 0 fully saturated rings. The average Bonchev–Trinajstić information content (AvgIpc) is 2.28. The molecular weight excluding hydrogens is 214 g/mol. The van der Waals surface area contributed by atoms with E-state index in [2.05, 4.69) is 5.32 Å². The van der Waals surface area contributed by atoms with Crippen LogP contribution in [-0.2, 0) is 4.79 Å². The third-order valence-electron chi connectivity index (χ3n) is 2.81. The molecule has 1 rings (SSSR count). The van der Waals surface area contributed by atoms with Gasteiger partial charge in [-0.05, 0) is 37.6 Å². The number of nitrogens with one attached hydrogen (secondary N) is 1. The summed E-state index contributed by atoms with van der Waals surface area (Å²) in [5, 5.41) is 3.28. The van der Waals surface area contributed by atoms with Gasteiger partial charge < -0.3 is 16.0 Å². The molecule has 0 bridgehead atoms. The SMILES string of the molecule is CCN(CCNc1ccc(N)c(C)c1)C(C)=O. The average molecular weight is 235 g/mol. The van der Waals surface area contributed by atoms with Crippen molar-refractivity contribution in [2.75, 3.05) is 30.7 Å². The zero-order chi connectivity index (χ0) is 12.8. The van der Waals surface area contributed by atoms with Gasteiger partial charge >= 0.3 is 0 Å². The Morgan fingerprint density at radius 2 is 2.18 bits per heavy atom. The molecule has 0 aliphatic rings. The summed E-state index contributed by atoms with van der Waals surface area (Å²) in [7, 11) is 0. The number of amides is 1. The number of carbonyl (C=O) groups is 1. The lowest BCUT2D eigenvalue weighted by Crippen LogP contribution is -2.32. The number of rotatable bonds is 5. The lowest BCUT2D eigenvalue weighted by atomic mass is 10.2. The monoisotopic (exact) mass is 235 g/mol. The fourth-order valence-corrected chi connectivity index (χ4v) is 1.66. The van der Waals surface area contributed by atoms with Crippen molar-refractivity contribution in [1.29, 1.82) is 0 Å². The van der Waals surface area contributed by atoms with Crippen molar-refractivity contribution in [2.45, 2.75) is 20.8 Å². The summed E-state index contributed by atoms with van der Waals surface area (Å²) in [4.78, 5) is 13.0. The fraction of sp³-hybridized carbons (Fsp3) is 0.462. The van der Waals surface area contributed by atoms with Crippen molar-refractivity contribution in [3.05, 3.63) is 23.8 Å². The standard InChI is InChI=1S/C13H21N3O/c1-4-16(11(3)17)8-7-15-12-5-6-13(14)10(2)9-12/h5-6,9,15H,4,7-8,14H2,1-3H3. The molecule has 1 aromatic carbocycles. The van der Waals surface area contributed by atoms with Gasteiger partial charge in [-0.2, -0.15) is 0 Å². The number of nitrogen functional groups attached to an aromatic ring is 1. The summed E-state index contributed by atoms with van der Waals surface area (Å²) >= 11 is 0. The molecular formula is C13H21N3O. The molecule has 0 heterocycles. The van der Waals surface area contributed by atoms with Crippen LogP contribution in [-0.4, -0.2) is 30.4 Å². The number of likely N-dealkylation sites (N-methyl/N-ethyl adjacent to an activating group) is 1. The number of anilines is 2. The third-order valence-corrected chi connectivity index (χ3v) is 2.81. The van der Waals surface area contributed by atoms with E-state index >= 15 is 0 Å². The first-order valence-corrected chi connectivity index (χ1v) is 5.90. The molecule has 0 unspecified atom stereocenters. The van der Waals surface area contributed by atoms with Crippen LogP contribution in [0.3, 0.4) is 0 Å². The van der Waals surface area contributed by atoms with Gasteiger partial charge in [0.25, 0.3) is 0 Å². The molecule has 94 valence electrons. The van der Waals surface area contributed by atoms with Crippen LogP contribution in [0, 0.1) is 6.92 Å². The lowest BCUT2D eigenvalue weighted by molar-refractivity contribution is -0.128. The highest BCUT2D eigenvalue weighted by Gasteiger charge is 2.04. The topological polar surface area (TPSA) is 58.4 Å². The van der Waals surface area contributed by atoms with E-state index in [0.29, 0.717) is 0 Å². The predicted octanol–water partition coefficient (Wildman–Crippen LogP) is 1.86. The molecule has 3 N–H and O–H groups in total. The van der Waals surface area contributed by atoms with E-state index in [9.17, 15) is 4.79 Å². The van der Waals surface area contributed by atoms with Crippen molar-refractivity contribution >= 4 is 17.3 Å². The summed E-state index contributed by atoms with van der Waals surface area (Å²) < 4.78 is 0. The number of hydrogen-bond donors (Lipinski definition) is 2. The van der Waals surface area contributed by atoms with Crippen molar-refractivity contribution in [2.24, 2.45) is 0 Å². The Bertz CT molecular complexity index is 390. The summed E-state index contributed by atoms with van der Waals surface area (Å²) in [6.07, 6.45) is 0. The van der Waals surface area contributed by atoms with Crippen molar-refractivity contribution in [3.8, 4) is 0 Å². The quantitative estimate of drug-likeness (QED) is 0.766. The van der Waals surface area contributed by atoms with Gasteiger partial charge in [-0.15, -0.1) is 0 Å². The number of nitrogens with two attached hydrogens (primary N) is 1. The largest absolute Gasteiger partial charge is 0.399 e. The maximum absolute atomic E-state index is 11.2. The summed E-state index contributed by atoms with van der Waals surface area (Å²) in [5.74, 6) is 0.114. The highest BCUT2D eigenvalue weighted by atomic mass is 16.2. The fourth-order valence-electron chi connectivity index (χ4n) is 1.66. The smallest absolute Gasteiger partial charge is 0.219 e. The van der Waals surface area contributed by atoms with Gasteiger partial charge in [0.05, 0.1) is 0 Å². The van der Waals surface area contributed by atoms with Crippen LogP contribution in [0.4, 0.5) is 11.4 Å². The second-order valence-electron chi connectivity index (χ2n) is 4.10. The number of nitrogens with zero attached hydrogens (tertiary/aromatic N) is 1. The minimum atomic E-state index is 0.114. The Hall–Kier alpha value is -1.71. The minimum Gasteiger partial charge on any atom is -0.399 e. The predicted molar refractivity (Wildman–Crippen MR) is 72.0 cm³/mol. The van der Waals surface area contributed by atoms with Gasteiger partial charge in [0.2, 0.25) is 5.91 Å². The van der Waals surface area contributed by atoms with E-state index in [1.807, 2.05) is 32.0 Å². The van der Waals surface area contributed by atoms with Crippen molar-refractivity contribution < 1.29 is 4.79 Å². The van der Waals surface area contributed by atoms with E-state index in [4.69, 9.17) is 5.73 Å². The summed E-state index contributed by atoms with van der Waals surface area (Å²) in [5.41, 5.74) is 8.65. The zero-order valence-electron chi connectivity index (χ0n) is 10.8. The molecule has 0 aliphatic heterocycles. The maximum atomic E-state index is 11.2. The molecule has 0 spiro atoms. The van der Waals surface area contributed by atoms with Gasteiger partial charge in [-0.25, -0.2) is 0 Å². The Morgan fingerprint density at radius 1 is 1.47 bits per heavy atom. The maximum Gasteiger partial charge on any atom is 0.219 e. The van der Waals surface area contributed by atoms with E-state index in [1.165, 1.54) is 0 Å². The van der Waals surface area contributed by atoms with Gasteiger partial charge in [0.1, 0.15) is 0 Å². The van der Waals surface area contributed by atoms with Crippen LogP contribution < -0.4 is 11.1 Å². The normalized spacial score (nSPS) is 10.1. The van der Waals surface area contributed by atoms with Gasteiger partial charge in [-0.1, -0.05) is 0 Å². The molecule has 0 radical (unpaired) electrons. The van der Waals surface area contributed by atoms with Crippen molar-refractivity contribution in [1.82, 2.24) is 4.90 Å². The highest BCUT2D eigenvalue weighted by Crippen LogP contribution is 2.16. The first-order valence-electron chi connectivity index (χ1n) is 5.90. The Kier molecular flexibility index (Phi) is 4.82. The van der Waals surface area contributed by atoms with Crippen LogP contribution >= 0.6 is 0 Å². The first kappa shape index (κ1) is 13.4. The number of carbonyl (C=O) groups excluding carboxylic acids is 1. The molecule has 4 nitrogen and oxygen atoms in total. The van der Waals surface area contributed by atoms with E-state index in [0.717, 1.165) is 36.6 Å². The van der Waals surface area contributed by atoms with Gasteiger partial charge in [-0.3, -0.25) is 4.79 Å². The van der Waals surface area contributed by atoms with E-state index < -0.39 is 0 Å². The van der Waals surface area contributed by atoms with Crippen LogP contribution in [0.2, 0.25) is 0 Å². The molecule has 0 saturated heterocycles. The Morgan fingerprint density at radius 3 is 2.71 bits per heavy atom. The molecule has 4 heteroatoms. The van der Waals surface area contributed by atoms with Crippen LogP contribution in [0.25, 0.3) is 0 Å². The van der Waals surface area contributed by atoms with Crippen LogP contribution in [0.5, 0.6) is 0 Å². The molecule has 1 aromatic rings. The molecule has 0 saturated carbocycles. The molecule has 0 atom stereocenters. The molecule has 0 aliphatic carbocycles. The number of hydrogen-bond acceptors (Lipinski definition) is 3. The van der Waals surface area contributed by atoms with Crippen molar-refractivity contribution in [3.63, 3.8) is 0 Å². The van der Waals surface area contributed by atoms with E-state index in [1.54, 1.807) is 11.8 Å². The van der Waals surface area contributed by atoms with Gasteiger partial charge in [0, 0.05) is 37.9 Å². The number of aryl methyl sites for hydroxylation is 1. The van der Waals surface area contributed by atoms with E-state index in [-0.39, 0.29) is 5.91 Å². The number of benzene rings is 1. The highest BCUT2D eigenvalue weighted by molar-refractivity contribution is 5.73. The van der Waals surface area contributed by atoms with Crippen LogP contribution in [0.1, 0.15) is 19.4 Å². The van der Waals surface area contributed by atoms with Crippen LogP contribution in [0.15, 0.2) is 18.2 Å². The third kappa shape index (κ3) is 3.98. The summed E-state index contributed by atoms with van der Waals surface area (Å²) in [6.45, 7) is 7.77. The molecule has 1 amide bonds. The molecule has 0 aromatic heterocycles. The lowest BCUT2D eigenvalue weighted by Gasteiger charge is -2.19. The Balaban J connectivity index is 2.45. The second-order valence-corrected chi connectivity index (χ2v) is 4.10. The van der Waals surface area contributed by atoms with Gasteiger partial charge in [0.15, 0.2) is 0 Å². The minimum absolute atomic E-state index is 0.114. The second kappa shape index (κ2) is 6.13. The summed E-state index contributed by atoms with van der Waals surface area (Å²) in [6, 6.07) is 5.85. The molecule has 17 heavy (non-hydrogen) atoms.